The van der Waals surface area contributed by atoms with E-state index in [0.29, 0.717) is 5.69 Å². The Labute approximate surface area is 187 Å². The molecule has 1 aromatic heterocycles. The van der Waals surface area contributed by atoms with Crippen molar-refractivity contribution in [3.63, 3.8) is 0 Å². The molecule has 1 aliphatic heterocycles. The van der Waals surface area contributed by atoms with Crippen molar-refractivity contribution in [1.82, 2.24) is 9.88 Å². The number of hydrogen-bond donors (Lipinski definition) is 1. The number of amides is 2. The first-order valence-corrected chi connectivity index (χ1v) is 10.4. The van der Waals surface area contributed by atoms with Crippen LogP contribution in [0.1, 0.15) is 27.9 Å². The Kier molecular flexibility index (Phi) is 5.33. The van der Waals surface area contributed by atoms with Crippen molar-refractivity contribution < 1.29 is 9.59 Å². The van der Waals surface area contributed by atoms with Gasteiger partial charge < -0.3 is 4.57 Å². The summed E-state index contributed by atoms with van der Waals surface area (Å²) < 4.78 is 1.97. The molecule has 2 heterocycles. The molecule has 0 bridgehead atoms. The van der Waals surface area contributed by atoms with Gasteiger partial charge in [-0.05, 0) is 81.4 Å². The van der Waals surface area contributed by atoms with Gasteiger partial charge in [-0.25, -0.2) is 0 Å². The summed E-state index contributed by atoms with van der Waals surface area (Å²) in [5.74, 6) is -0.932. The molecular formula is C25H23N3O2S. The molecule has 0 unspecified atom stereocenters. The molecule has 2 aromatic carbocycles. The highest BCUT2D eigenvalue weighted by Gasteiger charge is 2.35. The molecule has 4 rings (SSSR count). The summed E-state index contributed by atoms with van der Waals surface area (Å²) in [5.41, 5.74) is 6.70. The maximum absolute atomic E-state index is 13.4. The van der Waals surface area contributed by atoms with E-state index in [4.69, 9.17) is 12.2 Å². The summed E-state index contributed by atoms with van der Waals surface area (Å²) in [6.07, 6.45) is 3.54. The van der Waals surface area contributed by atoms with Gasteiger partial charge in [-0.3, -0.25) is 19.8 Å². The summed E-state index contributed by atoms with van der Waals surface area (Å²) >= 11 is 5.33. The number of hydrogen-bond acceptors (Lipinski definition) is 3. The van der Waals surface area contributed by atoms with Gasteiger partial charge in [0.25, 0.3) is 11.8 Å². The summed E-state index contributed by atoms with van der Waals surface area (Å²) in [6.45, 7) is 7.99. The van der Waals surface area contributed by atoms with E-state index in [0.717, 1.165) is 28.1 Å². The van der Waals surface area contributed by atoms with Crippen molar-refractivity contribution in [2.45, 2.75) is 27.7 Å². The minimum atomic E-state index is -0.496. The van der Waals surface area contributed by atoms with Gasteiger partial charge in [-0.2, -0.15) is 0 Å². The van der Waals surface area contributed by atoms with E-state index in [1.807, 2.05) is 80.9 Å². The predicted molar refractivity (Wildman–Crippen MR) is 127 cm³/mol. The largest absolute Gasteiger partial charge is 0.317 e. The molecule has 3 aromatic rings. The molecule has 0 saturated carbocycles. The van der Waals surface area contributed by atoms with Gasteiger partial charge in [0.15, 0.2) is 5.11 Å². The van der Waals surface area contributed by atoms with E-state index < -0.39 is 11.8 Å². The van der Waals surface area contributed by atoms with E-state index in [-0.39, 0.29) is 10.7 Å². The topological polar surface area (TPSA) is 54.3 Å². The molecule has 2 amide bonds. The van der Waals surface area contributed by atoms with Crippen LogP contribution in [0.4, 0.5) is 5.69 Å². The molecular weight excluding hydrogens is 406 g/mol. The maximum atomic E-state index is 13.4. The first-order chi connectivity index (χ1) is 14.8. The molecule has 0 radical (unpaired) electrons. The fraction of sp³-hybridized carbons (Fsp3) is 0.160. The van der Waals surface area contributed by atoms with Gasteiger partial charge in [0.2, 0.25) is 0 Å². The number of nitrogens with zero attached hydrogens (tertiary/aromatic N) is 2. The highest BCUT2D eigenvalue weighted by Crippen LogP contribution is 2.27. The van der Waals surface area contributed by atoms with E-state index in [1.165, 1.54) is 10.5 Å². The van der Waals surface area contributed by atoms with Gasteiger partial charge in [0.1, 0.15) is 5.57 Å². The number of aromatic nitrogens is 1. The van der Waals surface area contributed by atoms with Gasteiger partial charge in [-0.15, -0.1) is 0 Å². The van der Waals surface area contributed by atoms with Gasteiger partial charge in [-0.1, -0.05) is 35.4 Å². The van der Waals surface area contributed by atoms with Crippen LogP contribution < -0.4 is 10.2 Å². The third kappa shape index (κ3) is 3.82. The number of nitrogens with one attached hydrogen (secondary N) is 1. The molecule has 0 aliphatic carbocycles. The molecule has 5 nitrogen and oxygen atoms in total. The van der Waals surface area contributed by atoms with Crippen LogP contribution in [0.3, 0.4) is 0 Å². The van der Waals surface area contributed by atoms with Crippen LogP contribution in [-0.2, 0) is 9.59 Å². The Bertz CT molecular complexity index is 1270. The fourth-order valence-corrected chi connectivity index (χ4v) is 4.16. The second kappa shape index (κ2) is 7.96. The van der Waals surface area contributed by atoms with Crippen LogP contribution in [0.2, 0.25) is 0 Å². The van der Waals surface area contributed by atoms with Crippen LogP contribution in [0.5, 0.6) is 0 Å². The Morgan fingerprint density at radius 2 is 1.48 bits per heavy atom. The smallest absolute Gasteiger partial charge is 0.270 e. The van der Waals surface area contributed by atoms with Crippen LogP contribution in [-0.4, -0.2) is 21.5 Å². The second-order valence-corrected chi connectivity index (χ2v) is 8.23. The molecule has 1 N–H and O–H groups in total. The van der Waals surface area contributed by atoms with Gasteiger partial charge >= 0.3 is 0 Å². The van der Waals surface area contributed by atoms with Crippen LogP contribution >= 0.6 is 12.2 Å². The number of aryl methyl sites for hydroxylation is 4. The lowest BCUT2D eigenvalue weighted by molar-refractivity contribution is -0.122. The predicted octanol–water partition coefficient (Wildman–Crippen LogP) is 4.54. The second-order valence-electron chi connectivity index (χ2n) is 7.84. The third-order valence-electron chi connectivity index (χ3n) is 5.38. The highest BCUT2D eigenvalue weighted by molar-refractivity contribution is 7.80. The Balaban J connectivity index is 1.78. The molecule has 1 fully saturated rings. The third-order valence-corrected chi connectivity index (χ3v) is 5.66. The molecule has 1 saturated heterocycles. The van der Waals surface area contributed by atoms with Crippen molar-refractivity contribution in [1.29, 1.82) is 0 Å². The fourth-order valence-electron chi connectivity index (χ4n) is 3.89. The summed E-state index contributed by atoms with van der Waals surface area (Å²) in [5, 5.41) is 2.75. The molecule has 31 heavy (non-hydrogen) atoms. The minimum Gasteiger partial charge on any atom is -0.317 e. The lowest BCUT2D eigenvalue weighted by atomic mass is 10.1. The Hall–Kier alpha value is -3.51. The molecule has 1 aliphatic rings. The maximum Gasteiger partial charge on any atom is 0.270 e. The number of carbonyl (C=O) groups is 2. The Morgan fingerprint density at radius 1 is 0.871 bits per heavy atom. The zero-order valence-electron chi connectivity index (χ0n) is 17.9. The Morgan fingerprint density at radius 3 is 2.10 bits per heavy atom. The zero-order chi connectivity index (χ0) is 22.3. The normalized spacial score (nSPS) is 15.5. The van der Waals surface area contributed by atoms with Crippen molar-refractivity contribution in [2.24, 2.45) is 0 Å². The molecule has 0 spiro atoms. The summed E-state index contributed by atoms with van der Waals surface area (Å²) in [7, 11) is 0. The minimum absolute atomic E-state index is 0.0401. The average Bonchev–Trinajstić information content (AvgIpc) is 3.14. The number of carbonyl (C=O) groups excluding carboxylic acids is 2. The van der Waals surface area contributed by atoms with Crippen molar-refractivity contribution in [3.8, 4) is 5.69 Å². The van der Waals surface area contributed by atoms with Gasteiger partial charge in [0, 0.05) is 17.6 Å². The van der Waals surface area contributed by atoms with Crippen LogP contribution in [0, 0.1) is 27.7 Å². The summed E-state index contributed by atoms with van der Waals surface area (Å²) in [4.78, 5) is 27.5. The monoisotopic (exact) mass is 429 g/mol. The van der Waals surface area contributed by atoms with E-state index in [2.05, 4.69) is 11.4 Å². The standard InChI is InChI=1S/C25H23N3O2S/c1-15-7-9-21(17(3)12-15)27-11-5-6-19(27)14-20-23(29)26-25(31)28(24(20)30)22-10-8-16(2)13-18(22)4/h5-14H,1-4H3,(H,26,29,31)/b20-14+. The van der Waals surface area contributed by atoms with Crippen molar-refractivity contribution in [2.75, 3.05) is 4.90 Å². The lowest BCUT2D eigenvalue weighted by Gasteiger charge is -2.30. The van der Waals surface area contributed by atoms with E-state index in [1.54, 1.807) is 6.08 Å². The molecule has 6 heteroatoms. The quantitative estimate of drug-likeness (QED) is 0.378. The van der Waals surface area contributed by atoms with Crippen LogP contribution in [0.15, 0.2) is 60.3 Å². The van der Waals surface area contributed by atoms with Gasteiger partial charge in [0.05, 0.1) is 5.69 Å². The first kappa shape index (κ1) is 20.8. The number of rotatable bonds is 3. The molecule has 0 atom stereocenters. The van der Waals surface area contributed by atoms with E-state index >= 15 is 0 Å². The molecule has 156 valence electrons. The summed E-state index contributed by atoms with van der Waals surface area (Å²) in [6, 6.07) is 15.7. The average molecular weight is 430 g/mol. The first-order valence-electron chi connectivity index (χ1n) is 10.00. The lowest BCUT2D eigenvalue weighted by Crippen LogP contribution is -2.54. The number of benzene rings is 2. The van der Waals surface area contributed by atoms with Crippen LogP contribution in [0.25, 0.3) is 11.8 Å². The van der Waals surface area contributed by atoms with E-state index in [9.17, 15) is 9.59 Å². The van der Waals surface area contributed by atoms with Crippen molar-refractivity contribution in [3.05, 3.63) is 88.2 Å². The van der Waals surface area contributed by atoms with Crippen molar-refractivity contribution >= 4 is 40.9 Å². The highest BCUT2D eigenvalue weighted by atomic mass is 32.1. The zero-order valence-corrected chi connectivity index (χ0v) is 18.7. The number of anilines is 1. The SMILES string of the molecule is Cc1ccc(N2C(=O)/C(=C/c3cccn3-c3ccc(C)cc3C)C(=O)NC2=S)c(C)c1. The number of thiocarbonyl (C=S) groups is 1.